The Morgan fingerprint density at radius 1 is 1.58 bits per heavy atom. The molecule has 0 amide bonds. The third-order valence-electron chi connectivity index (χ3n) is 1.11. The van der Waals surface area contributed by atoms with Gasteiger partial charge in [0.2, 0.25) is 5.78 Å². The number of carbonyl (C=O) groups is 1. The summed E-state index contributed by atoms with van der Waals surface area (Å²) in [4.78, 5) is 13.7. The van der Waals surface area contributed by atoms with Crippen molar-refractivity contribution in [3.63, 3.8) is 0 Å². The van der Waals surface area contributed by atoms with Crippen molar-refractivity contribution in [2.45, 2.75) is 12.6 Å². The van der Waals surface area contributed by atoms with E-state index in [-0.39, 0.29) is 5.82 Å². The molecule has 0 bridgehead atoms. The Hall–Kier alpha value is -1.40. The highest BCUT2D eigenvalue weighted by atomic mass is 19.4. The lowest BCUT2D eigenvalue weighted by molar-refractivity contribution is -0.170. The van der Waals surface area contributed by atoms with Crippen LogP contribution in [0.15, 0.2) is 6.33 Å². The number of hydrogen-bond donors (Lipinski definition) is 1. The molecule has 0 saturated carbocycles. The number of halogens is 3. The van der Waals surface area contributed by atoms with Crippen molar-refractivity contribution in [2.75, 3.05) is 0 Å². The topological polar surface area (TPSA) is 58.6 Å². The molecule has 1 N–H and O–H groups in total. The number of nitrogens with zero attached hydrogens (tertiary/aromatic N) is 2. The summed E-state index contributed by atoms with van der Waals surface area (Å²) in [5.41, 5.74) is 0. The predicted octanol–water partition coefficient (Wildman–Crippen LogP) is 0.479. The molecule has 0 spiro atoms. The number of hydrogen-bond acceptors (Lipinski definition) is 3. The Bertz CT molecular complexity index is 266. The molecular formula is C5H4F3N3O. The van der Waals surface area contributed by atoms with Gasteiger partial charge in [0.1, 0.15) is 12.2 Å². The third-order valence-corrected chi connectivity index (χ3v) is 1.11. The number of Topliss-reactive ketones (excluding diaryl/α,β-unsaturated/α-hetero) is 1. The zero-order chi connectivity index (χ0) is 9.19. The van der Waals surface area contributed by atoms with E-state index in [1.165, 1.54) is 0 Å². The minimum atomic E-state index is -4.80. The molecule has 66 valence electrons. The van der Waals surface area contributed by atoms with E-state index in [1.54, 1.807) is 0 Å². The maximum Gasteiger partial charge on any atom is 0.450 e. The molecule has 0 unspecified atom stereocenters. The first-order chi connectivity index (χ1) is 5.50. The molecule has 4 nitrogen and oxygen atoms in total. The van der Waals surface area contributed by atoms with Crippen molar-refractivity contribution in [1.82, 2.24) is 15.2 Å². The smallest absolute Gasteiger partial charge is 0.289 e. The van der Waals surface area contributed by atoms with E-state index < -0.39 is 18.4 Å². The monoisotopic (exact) mass is 179 g/mol. The molecule has 12 heavy (non-hydrogen) atoms. The van der Waals surface area contributed by atoms with Crippen molar-refractivity contribution in [3.8, 4) is 0 Å². The lowest BCUT2D eigenvalue weighted by atomic mass is 10.3. The van der Waals surface area contributed by atoms with Crippen molar-refractivity contribution < 1.29 is 18.0 Å². The Kier molecular flexibility index (Phi) is 2.11. The first-order valence-electron chi connectivity index (χ1n) is 2.94. The van der Waals surface area contributed by atoms with Crippen LogP contribution in [0.25, 0.3) is 0 Å². The summed E-state index contributed by atoms with van der Waals surface area (Å²) in [5.74, 6) is -1.92. The summed E-state index contributed by atoms with van der Waals surface area (Å²) < 4.78 is 34.9. The molecule has 1 rings (SSSR count). The molecule has 0 atom stereocenters. The highest BCUT2D eigenvalue weighted by molar-refractivity contribution is 5.85. The molecule has 0 aliphatic rings. The maximum atomic E-state index is 11.6. The second-order valence-electron chi connectivity index (χ2n) is 2.03. The SMILES string of the molecule is O=C(Cc1ncn[nH]1)C(F)(F)F. The Balaban J connectivity index is 2.60. The van der Waals surface area contributed by atoms with Gasteiger partial charge in [0.05, 0.1) is 6.42 Å². The molecule has 1 aromatic heterocycles. The zero-order valence-corrected chi connectivity index (χ0v) is 5.72. The van der Waals surface area contributed by atoms with Crippen LogP contribution in [0.5, 0.6) is 0 Å². The zero-order valence-electron chi connectivity index (χ0n) is 5.72. The number of aromatic amines is 1. The van der Waals surface area contributed by atoms with E-state index in [4.69, 9.17) is 0 Å². The molecule has 0 aliphatic heterocycles. The number of carbonyl (C=O) groups excluding carboxylic acids is 1. The summed E-state index contributed by atoms with van der Waals surface area (Å²) in [6.07, 6.45) is -4.55. The fourth-order valence-corrected chi connectivity index (χ4v) is 0.568. The summed E-state index contributed by atoms with van der Waals surface area (Å²) in [5, 5.41) is 5.46. The van der Waals surface area contributed by atoms with E-state index >= 15 is 0 Å². The lowest BCUT2D eigenvalue weighted by Crippen LogP contribution is -2.25. The first kappa shape index (κ1) is 8.69. The van der Waals surface area contributed by atoms with Crippen molar-refractivity contribution in [3.05, 3.63) is 12.2 Å². The van der Waals surface area contributed by atoms with Gasteiger partial charge >= 0.3 is 6.18 Å². The first-order valence-corrected chi connectivity index (χ1v) is 2.94. The molecule has 0 aliphatic carbocycles. The highest BCUT2D eigenvalue weighted by Crippen LogP contribution is 2.17. The van der Waals surface area contributed by atoms with Crippen LogP contribution < -0.4 is 0 Å². The standard InChI is InChI=1S/C5H4F3N3O/c6-5(7,8)3(12)1-4-9-2-10-11-4/h2H,1H2,(H,9,10,11). The second-order valence-corrected chi connectivity index (χ2v) is 2.03. The number of ketones is 1. The van der Waals surface area contributed by atoms with Crippen LogP contribution in [0.1, 0.15) is 5.82 Å². The van der Waals surface area contributed by atoms with E-state index in [1.807, 2.05) is 0 Å². The Morgan fingerprint density at radius 2 is 2.25 bits per heavy atom. The third kappa shape index (κ3) is 2.04. The molecule has 1 aromatic rings. The highest BCUT2D eigenvalue weighted by Gasteiger charge is 2.38. The number of aromatic nitrogens is 3. The molecular weight excluding hydrogens is 175 g/mol. The summed E-state index contributed by atoms with van der Waals surface area (Å²) >= 11 is 0. The average Bonchev–Trinajstić information content (AvgIpc) is 2.37. The number of alkyl halides is 3. The Labute approximate surface area is 64.8 Å². The molecule has 0 radical (unpaired) electrons. The van der Waals surface area contributed by atoms with Gasteiger partial charge in [0, 0.05) is 0 Å². The quantitative estimate of drug-likeness (QED) is 0.718. The van der Waals surface area contributed by atoms with Crippen LogP contribution in [0.2, 0.25) is 0 Å². The normalized spacial score (nSPS) is 11.6. The summed E-state index contributed by atoms with van der Waals surface area (Å²) in [7, 11) is 0. The maximum absolute atomic E-state index is 11.6. The van der Waals surface area contributed by atoms with Crippen LogP contribution in [0.3, 0.4) is 0 Å². The van der Waals surface area contributed by atoms with Crippen LogP contribution in [-0.4, -0.2) is 27.1 Å². The van der Waals surface area contributed by atoms with Crippen molar-refractivity contribution in [1.29, 1.82) is 0 Å². The van der Waals surface area contributed by atoms with Gasteiger partial charge in [-0.1, -0.05) is 0 Å². The molecule has 0 saturated heterocycles. The minimum Gasteiger partial charge on any atom is -0.289 e. The van der Waals surface area contributed by atoms with Gasteiger partial charge in [-0.15, -0.1) is 0 Å². The number of nitrogens with one attached hydrogen (secondary N) is 1. The van der Waals surface area contributed by atoms with Crippen molar-refractivity contribution in [2.24, 2.45) is 0 Å². The van der Waals surface area contributed by atoms with Crippen molar-refractivity contribution >= 4 is 5.78 Å². The lowest BCUT2D eigenvalue weighted by Gasteiger charge is -2.01. The summed E-state index contributed by atoms with van der Waals surface area (Å²) in [6.45, 7) is 0. The van der Waals surface area contributed by atoms with Crippen LogP contribution >= 0.6 is 0 Å². The van der Waals surface area contributed by atoms with Gasteiger partial charge in [0.25, 0.3) is 0 Å². The van der Waals surface area contributed by atoms with E-state index in [0.717, 1.165) is 6.33 Å². The minimum absolute atomic E-state index is 0.0858. The van der Waals surface area contributed by atoms with Gasteiger partial charge < -0.3 is 0 Å². The number of rotatable bonds is 2. The van der Waals surface area contributed by atoms with Gasteiger partial charge in [-0.2, -0.15) is 18.3 Å². The van der Waals surface area contributed by atoms with Crippen LogP contribution in [0, 0.1) is 0 Å². The molecule has 0 aromatic carbocycles. The number of H-pyrrole nitrogens is 1. The van der Waals surface area contributed by atoms with Gasteiger partial charge in [-0.25, -0.2) is 4.98 Å². The predicted molar refractivity (Wildman–Crippen MR) is 31.1 cm³/mol. The average molecular weight is 179 g/mol. The largest absolute Gasteiger partial charge is 0.450 e. The second kappa shape index (κ2) is 2.92. The van der Waals surface area contributed by atoms with Crippen LogP contribution in [-0.2, 0) is 11.2 Å². The van der Waals surface area contributed by atoms with Gasteiger partial charge in [-0.05, 0) is 0 Å². The van der Waals surface area contributed by atoms with E-state index in [9.17, 15) is 18.0 Å². The summed E-state index contributed by atoms with van der Waals surface area (Å²) in [6, 6.07) is 0. The van der Waals surface area contributed by atoms with Gasteiger partial charge in [0.15, 0.2) is 0 Å². The van der Waals surface area contributed by atoms with Crippen LogP contribution in [0.4, 0.5) is 13.2 Å². The Morgan fingerprint density at radius 3 is 2.67 bits per heavy atom. The molecule has 0 fully saturated rings. The van der Waals surface area contributed by atoms with Gasteiger partial charge in [-0.3, -0.25) is 9.89 Å². The fraction of sp³-hybridized carbons (Fsp3) is 0.400. The van der Waals surface area contributed by atoms with E-state index in [0.29, 0.717) is 0 Å². The molecule has 7 heteroatoms. The fourth-order valence-electron chi connectivity index (χ4n) is 0.568. The van der Waals surface area contributed by atoms with E-state index in [2.05, 4.69) is 15.2 Å². The molecule has 1 heterocycles.